The monoisotopic (exact) mass is 435 g/mol. The van der Waals surface area contributed by atoms with Crippen molar-refractivity contribution in [2.24, 2.45) is 0 Å². The van der Waals surface area contributed by atoms with Gasteiger partial charge in [0.25, 0.3) is 5.91 Å². The molecule has 1 aromatic carbocycles. The maximum absolute atomic E-state index is 11.9. The van der Waals surface area contributed by atoms with Crippen LogP contribution in [0.3, 0.4) is 0 Å². The SMILES string of the molecule is COC(=O)Cn1ncc2cc(OC3CCN(c4nc5c(cc4C)C(=O)NC5)CC3)ccc21. The second-order valence-corrected chi connectivity index (χ2v) is 8.21. The molecule has 0 unspecified atom stereocenters. The van der Waals surface area contributed by atoms with Crippen LogP contribution in [0, 0.1) is 6.92 Å². The van der Waals surface area contributed by atoms with Crippen molar-refractivity contribution >= 4 is 28.6 Å². The number of aryl methyl sites for hydroxylation is 1. The van der Waals surface area contributed by atoms with Gasteiger partial charge in [-0.2, -0.15) is 5.10 Å². The molecule has 2 aliphatic heterocycles. The summed E-state index contributed by atoms with van der Waals surface area (Å²) in [6, 6.07) is 7.74. The van der Waals surface area contributed by atoms with Gasteiger partial charge in [0.15, 0.2) is 0 Å². The zero-order chi connectivity index (χ0) is 22.2. The summed E-state index contributed by atoms with van der Waals surface area (Å²) in [4.78, 5) is 30.4. The van der Waals surface area contributed by atoms with Crippen LogP contribution < -0.4 is 15.0 Å². The Morgan fingerprint density at radius 2 is 2.06 bits per heavy atom. The van der Waals surface area contributed by atoms with E-state index in [0.717, 1.165) is 59.7 Å². The van der Waals surface area contributed by atoms with E-state index < -0.39 is 0 Å². The van der Waals surface area contributed by atoms with Gasteiger partial charge in [0.2, 0.25) is 0 Å². The predicted octanol–water partition coefficient (Wildman–Crippen LogP) is 2.20. The van der Waals surface area contributed by atoms with Crippen LogP contribution in [0.4, 0.5) is 5.82 Å². The Labute approximate surface area is 185 Å². The van der Waals surface area contributed by atoms with Crippen LogP contribution >= 0.6 is 0 Å². The third kappa shape index (κ3) is 3.74. The molecule has 0 bridgehead atoms. The van der Waals surface area contributed by atoms with E-state index in [1.807, 2.05) is 31.2 Å². The number of carbonyl (C=O) groups is 2. The molecule has 3 aromatic rings. The van der Waals surface area contributed by atoms with Gasteiger partial charge in [0.05, 0.1) is 36.6 Å². The smallest absolute Gasteiger partial charge is 0.327 e. The number of carbonyl (C=O) groups excluding carboxylic acids is 2. The van der Waals surface area contributed by atoms with Crippen molar-refractivity contribution in [3.63, 3.8) is 0 Å². The Hall–Kier alpha value is -3.62. The van der Waals surface area contributed by atoms with Gasteiger partial charge >= 0.3 is 5.97 Å². The van der Waals surface area contributed by atoms with Crippen LogP contribution in [-0.4, -0.2) is 52.9 Å². The highest BCUT2D eigenvalue weighted by atomic mass is 16.5. The van der Waals surface area contributed by atoms with Crippen LogP contribution in [0.2, 0.25) is 0 Å². The van der Waals surface area contributed by atoms with E-state index in [1.165, 1.54) is 7.11 Å². The number of aromatic nitrogens is 3. The molecule has 0 aliphatic carbocycles. The van der Waals surface area contributed by atoms with Crippen LogP contribution in [-0.2, 0) is 22.6 Å². The van der Waals surface area contributed by atoms with Crippen molar-refractivity contribution in [2.45, 2.75) is 39.0 Å². The number of amides is 1. The minimum Gasteiger partial charge on any atom is -0.490 e. The molecule has 1 saturated heterocycles. The Bertz CT molecular complexity index is 1200. The summed E-state index contributed by atoms with van der Waals surface area (Å²) in [6.07, 6.45) is 3.62. The molecule has 0 radical (unpaired) electrons. The van der Waals surface area contributed by atoms with Crippen molar-refractivity contribution in [1.82, 2.24) is 20.1 Å². The fourth-order valence-corrected chi connectivity index (χ4v) is 4.38. The molecule has 2 aromatic heterocycles. The molecule has 2 aliphatic rings. The molecule has 0 atom stereocenters. The minimum absolute atomic E-state index is 0.0398. The maximum Gasteiger partial charge on any atom is 0.327 e. The molecule has 9 nitrogen and oxygen atoms in total. The first-order valence-electron chi connectivity index (χ1n) is 10.7. The summed E-state index contributed by atoms with van der Waals surface area (Å²) in [6.45, 7) is 4.28. The van der Waals surface area contributed by atoms with E-state index in [0.29, 0.717) is 12.1 Å². The number of ether oxygens (including phenoxy) is 2. The van der Waals surface area contributed by atoms with Gasteiger partial charge in [-0.1, -0.05) is 0 Å². The molecule has 4 heterocycles. The molecule has 1 N–H and O–H groups in total. The lowest BCUT2D eigenvalue weighted by Gasteiger charge is -2.34. The molecule has 5 rings (SSSR count). The Balaban J connectivity index is 1.23. The van der Waals surface area contributed by atoms with E-state index >= 15 is 0 Å². The number of nitrogens with one attached hydrogen (secondary N) is 1. The number of esters is 1. The molecule has 1 amide bonds. The van der Waals surface area contributed by atoms with Crippen LogP contribution in [0.25, 0.3) is 10.9 Å². The molecular formula is C23H25N5O4. The number of benzene rings is 1. The van der Waals surface area contributed by atoms with Gasteiger partial charge in [-0.3, -0.25) is 14.3 Å². The highest BCUT2D eigenvalue weighted by Gasteiger charge is 2.26. The third-order valence-corrected chi connectivity index (χ3v) is 6.09. The highest BCUT2D eigenvalue weighted by Crippen LogP contribution is 2.28. The van der Waals surface area contributed by atoms with Crippen LogP contribution in [0.15, 0.2) is 30.5 Å². The van der Waals surface area contributed by atoms with Crippen molar-refractivity contribution < 1.29 is 19.1 Å². The standard InChI is InChI=1S/C23H25N5O4/c1-14-9-18-19(12-24-23(18)30)26-22(14)27-7-5-16(6-8-27)32-17-3-4-20-15(10-17)11-25-28(20)13-21(29)31-2/h3-4,9-11,16H,5-8,12-13H2,1-2H3,(H,24,30). The lowest BCUT2D eigenvalue weighted by atomic mass is 10.1. The average Bonchev–Trinajstić information content (AvgIpc) is 3.36. The summed E-state index contributed by atoms with van der Waals surface area (Å²) in [5, 5.41) is 8.03. The van der Waals surface area contributed by atoms with Gasteiger partial charge in [-0.05, 0) is 36.8 Å². The van der Waals surface area contributed by atoms with Gasteiger partial charge in [0.1, 0.15) is 24.2 Å². The molecule has 166 valence electrons. The summed E-state index contributed by atoms with van der Waals surface area (Å²) >= 11 is 0. The number of nitrogens with zero attached hydrogens (tertiary/aromatic N) is 4. The van der Waals surface area contributed by atoms with Crippen molar-refractivity contribution in [2.75, 3.05) is 25.1 Å². The summed E-state index contributed by atoms with van der Waals surface area (Å²) < 4.78 is 12.6. The minimum atomic E-state index is -0.335. The van der Waals surface area contributed by atoms with Crippen molar-refractivity contribution in [1.29, 1.82) is 0 Å². The molecule has 9 heteroatoms. The largest absolute Gasteiger partial charge is 0.490 e. The van der Waals surface area contributed by atoms with Crippen LogP contribution in [0.1, 0.15) is 34.5 Å². The summed E-state index contributed by atoms with van der Waals surface area (Å²) in [5.74, 6) is 1.38. The van der Waals surface area contributed by atoms with E-state index in [9.17, 15) is 9.59 Å². The Kier molecular flexibility index (Phi) is 5.16. The summed E-state index contributed by atoms with van der Waals surface area (Å²) in [5.41, 5.74) is 3.41. The lowest BCUT2D eigenvalue weighted by molar-refractivity contribution is -0.141. The third-order valence-electron chi connectivity index (χ3n) is 6.09. The first-order valence-corrected chi connectivity index (χ1v) is 10.7. The normalized spacial score (nSPS) is 16.2. The fraction of sp³-hybridized carbons (Fsp3) is 0.391. The number of pyridine rings is 1. The van der Waals surface area contributed by atoms with E-state index in [1.54, 1.807) is 10.9 Å². The first kappa shape index (κ1) is 20.3. The predicted molar refractivity (Wildman–Crippen MR) is 118 cm³/mol. The van der Waals surface area contributed by atoms with Crippen molar-refractivity contribution in [3.05, 3.63) is 47.3 Å². The molecule has 0 spiro atoms. The number of piperidine rings is 1. The number of fused-ring (bicyclic) bond motifs is 2. The quantitative estimate of drug-likeness (QED) is 0.614. The van der Waals surface area contributed by atoms with Gasteiger partial charge in [-0.15, -0.1) is 0 Å². The van der Waals surface area contributed by atoms with Gasteiger partial charge in [-0.25, -0.2) is 4.98 Å². The van der Waals surface area contributed by atoms with Crippen LogP contribution in [0.5, 0.6) is 5.75 Å². The van der Waals surface area contributed by atoms with E-state index in [2.05, 4.69) is 15.3 Å². The van der Waals surface area contributed by atoms with Crippen molar-refractivity contribution in [3.8, 4) is 5.75 Å². The lowest BCUT2D eigenvalue weighted by Crippen LogP contribution is -2.39. The highest BCUT2D eigenvalue weighted by molar-refractivity contribution is 5.98. The number of rotatable bonds is 5. The van der Waals surface area contributed by atoms with E-state index in [4.69, 9.17) is 14.5 Å². The number of anilines is 1. The average molecular weight is 435 g/mol. The number of hydrogen-bond acceptors (Lipinski definition) is 7. The van der Waals surface area contributed by atoms with E-state index in [-0.39, 0.29) is 24.5 Å². The maximum atomic E-state index is 11.9. The Morgan fingerprint density at radius 3 is 2.84 bits per heavy atom. The molecule has 1 fully saturated rings. The zero-order valence-electron chi connectivity index (χ0n) is 18.1. The molecular weight excluding hydrogens is 410 g/mol. The zero-order valence-corrected chi connectivity index (χ0v) is 18.1. The second-order valence-electron chi connectivity index (χ2n) is 8.21. The molecule has 0 saturated carbocycles. The number of methoxy groups -OCH3 is 1. The summed E-state index contributed by atoms with van der Waals surface area (Å²) in [7, 11) is 1.37. The molecule has 32 heavy (non-hydrogen) atoms. The van der Waals surface area contributed by atoms with Gasteiger partial charge in [0, 0.05) is 31.3 Å². The number of hydrogen-bond donors (Lipinski definition) is 1. The van der Waals surface area contributed by atoms with Gasteiger partial charge < -0.3 is 19.7 Å². The first-order chi connectivity index (χ1) is 15.5. The Morgan fingerprint density at radius 1 is 1.25 bits per heavy atom. The second kappa shape index (κ2) is 8.14. The topological polar surface area (TPSA) is 98.6 Å². The fourth-order valence-electron chi connectivity index (χ4n) is 4.38.